The number of hydrogen-bond donors (Lipinski definition) is 2. The van der Waals surface area contributed by atoms with Crippen molar-refractivity contribution < 1.29 is 10.2 Å². The van der Waals surface area contributed by atoms with E-state index in [1.807, 2.05) is 12.3 Å². The molecule has 2 N–H and O–H groups in total. The van der Waals surface area contributed by atoms with Crippen LogP contribution in [0.5, 0.6) is 0 Å². The van der Waals surface area contributed by atoms with Crippen molar-refractivity contribution in [2.75, 3.05) is 31.2 Å². The van der Waals surface area contributed by atoms with Gasteiger partial charge in [-0.25, -0.2) is 9.50 Å². The predicted octanol–water partition coefficient (Wildman–Crippen LogP) is 0.398. The highest BCUT2D eigenvalue weighted by molar-refractivity contribution is 5.54. The summed E-state index contributed by atoms with van der Waals surface area (Å²) < 4.78 is 1.69. The summed E-state index contributed by atoms with van der Waals surface area (Å²) in [7, 11) is 0. The van der Waals surface area contributed by atoms with Crippen molar-refractivity contribution in [3.05, 3.63) is 24.0 Å². The number of aromatic nitrogens is 3. The summed E-state index contributed by atoms with van der Waals surface area (Å²) in [5.74, 6) is 0.625. The predicted molar refractivity (Wildman–Crippen MR) is 71.3 cm³/mol. The van der Waals surface area contributed by atoms with E-state index in [0.717, 1.165) is 30.1 Å². The number of rotatable bonds is 4. The molecule has 2 aromatic rings. The van der Waals surface area contributed by atoms with Crippen molar-refractivity contribution >= 4 is 11.5 Å². The van der Waals surface area contributed by atoms with Gasteiger partial charge in [0.05, 0.1) is 19.4 Å². The highest BCUT2D eigenvalue weighted by Crippen LogP contribution is 2.23. The molecule has 0 radical (unpaired) electrons. The van der Waals surface area contributed by atoms with Crippen molar-refractivity contribution in [1.29, 1.82) is 0 Å². The third-order valence-corrected chi connectivity index (χ3v) is 3.69. The number of fused-ring (bicyclic) bond motifs is 1. The molecule has 0 aliphatic carbocycles. The molecule has 102 valence electrons. The van der Waals surface area contributed by atoms with Gasteiger partial charge < -0.3 is 15.1 Å². The highest BCUT2D eigenvalue weighted by Gasteiger charge is 2.18. The molecular formula is C13H18N4O2. The van der Waals surface area contributed by atoms with Crippen LogP contribution in [0.4, 0.5) is 5.82 Å². The number of anilines is 1. The first kappa shape index (κ1) is 12.4. The highest BCUT2D eigenvalue weighted by atomic mass is 16.3. The maximum atomic E-state index is 9.30. The van der Waals surface area contributed by atoms with E-state index in [-0.39, 0.29) is 19.1 Å². The van der Waals surface area contributed by atoms with Crippen molar-refractivity contribution in [3.8, 4) is 0 Å². The van der Waals surface area contributed by atoms with Gasteiger partial charge in [-0.3, -0.25) is 0 Å². The third kappa shape index (κ3) is 2.17. The Kier molecular flexibility index (Phi) is 3.35. The molecule has 0 unspecified atom stereocenters. The minimum absolute atomic E-state index is 0.104. The number of hydrogen-bond acceptors (Lipinski definition) is 5. The van der Waals surface area contributed by atoms with Crippen molar-refractivity contribution in [1.82, 2.24) is 14.6 Å². The van der Waals surface area contributed by atoms with Gasteiger partial charge in [-0.05, 0) is 18.9 Å². The first-order valence-electron chi connectivity index (χ1n) is 6.64. The fourth-order valence-electron chi connectivity index (χ4n) is 2.54. The fourth-order valence-corrected chi connectivity index (χ4v) is 2.54. The largest absolute Gasteiger partial charge is 0.396 e. The van der Waals surface area contributed by atoms with Gasteiger partial charge in [0.15, 0.2) is 5.65 Å². The number of aliphatic hydroxyl groups excluding tert-OH is 2. The van der Waals surface area contributed by atoms with Gasteiger partial charge in [-0.2, -0.15) is 5.10 Å². The second-order valence-corrected chi connectivity index (χ2v) is 4.91. The summed E-state index contributed by atoms with van der Waals surface area (Å²) in [5.41, 5.74) is 1.52. The Hall–Kier alpha value is -1.66. The molecule has 1 fully saturated rings. The van der Waals surface area contributed by atoms with Gasteiger partial charge in [0.1, 0.15) is 5.82 Å². The quantitative estimate of drug-likeness (QED) is 0.834. The van der Waals surface area contributed by atoms with E-state index in [0.29, 0.717) is 0 Å². The average Bonchev–Trinajstić information content (AvgIpc) is 3.09. The molecule has 19 heavy (non-hydrogen) atoms. The van der Waals surface area contributed by atoms with Crippen LogP contribution in [-0.2, 0) is 0 Å². The van der Waals surface area contributed by atoms with Gasteiger partial charge >= 0.3 is 0 Å². The van der Waals surface area contributed by atoms with Crippen LogP contribution in [0.25, 0.3) is 5.65 Å². The first-order valence-corrected chi connectivity index (χ1v) is 6.64. The van der Waals surface area contributed by atoms with Crippen LogP contribution in [0.1, 0.15) is 24.3 Å². The Balaban J connectivity index is 2.02. The molecule has 1 aliphatic heterocycles. The van der Waals surface area contributed by atoms with Crippen LogP contribution < -0.4 is 4.90 Å². The van der Waals surface area contributed by atoms with Gasteiger partial charge in [-0.1, -0.05) is 0 Å². The first-order chi connectivity index (χ1) is 9.33. The lowest BCUT2D eigenvalue weighted by molar-refractivity contribution is 0.193. The number of aliphatic hydroxyl groups is 2. The van der Waals surface area contributed by atoms with Gasteiger partial charge in [0, 0.05) is 30.8 Å². The molecule has 3 heterocycles. The van der Waals surface area contributed by atoms with E-state index in [2.05, 4.69) is 15.0 Å². The summed E-state index contributed by atoms with van der Waals surface area (Å²) in [6.45, 7) is 1.87. The minimum Gasteiger partial charge on any atom is -0.396 e. The Bertz CT molecular complexity index is 559. The molecule has 1 saturated heterocycles. The Morgan fingerprint density at radius 2 is 1.95 bits per heavy atom. The normalized spacial score (nSPS) is 15.8. The molecule has 6 heteroatoms. The standard InChI is InChI=1S/C13H18N4O2/c18-8-10(9-19)11-7-14-17-6-3-12(15-13(11)17)16-4-1-2-5-16/h3,6-7,10,18-19H,1-2,4-5,8-9H2. The van der Waals surface area contributed by atoms with Gasteiger partial charge in [0.2, 0.25) is 0 Å². The fraction of sp³-hybridized carbons (Fsp3) is 0.538. The lowest BCUT2D eigenvalue weighted by Gasteiger charge is -2.16. The van der Waals surface area contributed by atoms with E-state index >= 15 is 0 Å². The summed E-state index contributed by atoms with van der Waals surface area (Å²) in [4.78, 5) is 6.89. The van der Waals surface area contributed by atoms with Gasteiger partial charge in [-0.15, -0.1) is 0 Å². The van der Waals surface area contributed by atoms with E-state index in [9.17, 15) is 10.2 Å². The molecule has 0 bridgehead atoms. The topological polar surface area (TPSA) is 73.9 Å². The van der Waals surface area contributed by atoms with Crippen molar-refractivity contribution in [2.45, 2.75) is 18.8 Å². The van der Waals surface area contributed by atoms with E-state index in [1.54, 1.807) is 10.7 Å². The van der Waals surface area contributed by atoms with Crippen LogP contribution in [0.3, 0.4) is 0 Å². The second-order valence-electron chi connectivity index (χ2n) is 4.91. The zero-order valence-corrected chi connectivity index (χ0v) is 10.7. The molecule has 0 amide bonds. The lowest BCUT2D eigenvalue weighted by Crippen LogP contribution is -2.19. The maximum absolute atomic E-state index is 9.30. The van der Waals surface area contributed by atoms with Crippen LogP contribution in [0.2, 0.25) is 0 Å². The number of nitrogens with zero attached hydrogens (tertiary/aromatic N) is 4. The molecular weight excluding hydrogens is 244 g/mol. The molecule has 0 saturated carbocycles. The second kappa shape index (κ2) is 5.14. The lowest BCUT2D eigenvalue weighted by atomic mass is 10.0. The summed E-state index contributed by atoms with van der Waals surface area (Å²) in [5, 5.41) is 22.8. The Labute approximate surface area is 111 Å². The van der Waals surface area contributed by atoms with Crippen LogP contribution in [-0.4, -0.2) is 51.1 Å². The van der Waals surface area contributed by atoms with E-state index < -0.39 is 0 Å². The van der Waals surface area contributed by atoms with Gasteiger partial charge in [0.25, 0.3) is 0 Å². The SMILES string of the molecule is OCC(CO)c1cnn2ccc(N3CCCC3)nc12. The van der Waals surface area contributed by atoms with Crippen LogP contribution in [0.15, 0.2) is 18.5 Å². The summed E-state index contributed by atoms with van der Waals surface area (Å²) in [6, 6.07) is 1.96. The van der Waals surface area contributed by atoms with E-state index in [4.69, 9.17) is 0 Å². The molecule has 3 rings (SSSR count). The van der Waals surface area contributed by atoms with Crippen LogP contribution in [0, 0.1) is 0 Å². The summed E-state index contributed by atoms with van der Waals surface area (Å²) in [6.07, 6.45) is 5.96. The molecule has 0 aromatic carbocycles. The maximum Gasteiger partial charge on any atom is 0.160 e. The van der Waals surface area contributed by atoms with Crippen molar-refractivity contribution in [3.63, 3.8) is 0 Å². The average molecular weight is 262 g/mol. The molecule has 2 aromatic heterocycles. The van der Waals surface area contributed by atoms with Crippen LogP contribution >= 0.6 is 0 Å². The van der Waals surface area contributed by atoms with Crippen molar-refractivity contribution in [2.24, 2.45) is 0 Å². The smallest absolute Gasteiger partial charge is 0.160 e. The molecule has 0 spiro atoms. The Morgan fingerprint density at radius 3 is 2.63 bits per heavy atom. The third-order valence-electron chi connectivity index (χ3n) is 3.69. The van der Waals surface area contributed by atoms with E-state index in [1.165, 1.54) is 12.8 Å². The molecule has 6 nitrogen and oxygen atoms in total. The molecule has 1 aliphatic rings. The zero-order chi connectivity index (χ0) is 13.2. The minimum atomic E-state index is -0.321. The zero-order valence-electron chi connectivity index (χ0n) is 10.7. The summed E-state index contributed by atoms with van der Waals surface area (Å²) >= 11 is 0. The Morgan fingerprint density at radius 1 is 1.21 bits per heavy atom. The molecule has 0 atom stereocenters. The monoisotopic (exact) mass is 262 g/mol.